The highest BCUT2D eigenvalue weighted by atomic mass is 35.5. The molecule has 5 heteroatoms. The lowest BCUT2D eigenvalue weighted by atomic mass is 10.2. The minimum absolute atomic E-state index is 0.0220. The number of anilines is 1. The molecule has 0 radical (unpaired) electrons. The van der Waals surface area contributed by atoms with Crippen LogP contribution in [0.25, 0.3) is 0 Å². The summed E-state index contributed by atoms with van der Waals surface area (Å²) in [5, 5.41) is 3.23. The van der Waals surface area contributed by atoms with Gasteiger partial charge in [0.1, 0.15) is 6.54 Å². The summed E-state index contributed by atoms with van der Waals surface area (Å²) in [4.78, 5) is 24.8. The number of rotatable bonds is 5. The van der Waals surface area contributed by atoms with Gasteiger partial charge in [0.05, 0.1) is 10.7 Å². The highest BCUT2D eigenvalue weighted by Crippen LogP contribution is 2.25. The Morgan fingerprint density at radius 3 is 2.47 bits per heavy atom. The maximum absolute atomic E-state index is 11.8. The lowest BCUT2D eigenvalue weighted by molar-refractivity contribution is -0.123. The summed E-state index contributed by atoms with van der Waals surface area (Å²) in [6, 6.07) is 6.98. The molecule has 0 heterocycles. The molecule has 1 N–H and O–H groups in total. The van der Waals surface area contributed by atoms with E-state index in [0.717, 1.165) is 0 Å². The van der Waals surface area contributed by atoms with E-state index in [1.165, 1.54) is 11.8 Å². The van der Waals surface area contributed by atoms with E-state index in [1.807, 2.05) is 13.8 Å². The summed E-state index contributed by atoms with van der Waals surface area (Å²) in [5.74, 6) is -0.0355. The maximum Gasteiger partial charge on any atom is 0.240 e. The van der Waals surface area contributed by atoms with Gasteiger partial charge in [0, 0.05) is 13.5 Å². The first-order valence-electron chi connectivity index (χ1n) is 6.21. The number of carbonyl (C=O) groups is 2. The molecular formula is C14H19ClN2O2. The Morgan fingerprint density at radius 1 is 1.32 bits per heavy atom. The van der Waals surface area contributed by atoms with Gasteiger partial charge in [-0.25, -0.2) is 0 Å². The monoisotopic (exact) mass is 282 g/mol. The number of nitrogens with one attached hydrogen (secondary N) is 1. The van der Waals surface area contributed by atoms with Crippen molar-refractivity contribution in [2.45, 2.75) is 20.8 Å². The van der Waals surface area contributed by atoms with Crippen molar-refractivity contribution in [2.24, 2.45) is 5.92 Å². The number of carbonyl (C=O) groups excluding carboxylic acids is 2. The molecule has 4 nitrogen and oxygen atoms in total. The van der Waals surface area contributed by atoms with Crippen LogP contribution in [0.1, 0.15) is 20.8 Å². The zero-order valence-electron chi connectivity index (χ0n) is 11.4. The summed E-state index contributed by atoms with van der Waals surface area (Å²) in [6.07, 6.45) is 0. The molecule has 1 aromatic rings. The van der Waals surface area contributed by atoms with Crippen LogP contribution in [0.15, 0.2) is 24.3 Å². The van der Waals surface area contributed by atoms with Gasteiger partial charge in [-0.3, -0.25) is 9.59 Å². The van der Waals surface area contributed by atoms with Gasteiger partial charge in [-0.2, -0.15) is 0 Å². The van der Waals surface area contributed by atoms with Crippen LogP contribution < -0.4 is 10.2 Å². The molecule has 1 aromatic carbocycles. The summed E-state index contributed by atoms with van der Waals surface area (Å²) in [5.41, 5.74) is 0.552. The maximum atomic E-state index is 11.8. The Hall–Kier alpha value is -1.55. The van der Waals surface area contributed by atoms with Crippen LogP contribution in [0.4, 0.5) is 5.69 Å². The van der Waals surface area contributed by atoms with Crippen LogP contribution in [0.5, 0.6) is 0 Å². The Bertz CT molecular complexity index is 461. The van der Waals surface area contributed by atoms with Gasteiger partial charge in [-0.15, -0.1) is 0 Å². The second kappa shape index (κ2) is 7.14. The van der Waals surface area contributed by atoms with Gasteiger partial charge in [0.15, 0.2) is 0 Å². The fraction of sp³-hybridized carbons (Fsp3) is 0.429. The lowest BCUT2D eigenvalue weighted by Gasteiger charge is -2.22. The molecule has 0 aliphatic carbocycles. The summed E-state index contributed by atoms with van der Waals surface area (Å²) < 4.78 is 0. The number of benzene rings is 1. The molecule has 104 valence electrons. The SMILES string of the molecule is CC(=O)N(CC(=O)NCC(C)C)c1ccccc1Cl. The first-order chi connectivity index (χ1) is 8.91. The summed E-state index contributed by atoms with van der Waals surface area (Å²) >= 11 is 6.05. The third kappa shape index (κ3) is 4.91. The second-order valence-electron chi connectivity index (χ2n) is 4.75. The van der Waals surface area contributed by atoms with E-state index in [9.17, 15) is 9.59 Å². The number of para-hydroxylation sites is 1. The Morgan fingerprint density at radius 2 is 1.95 bits per heavy atom. The van der Waals surface area contributed by atoms with E-state index in [1.54, 1.807) is 24.3 Å². The average Bonchev–Trinajstić information content (AvgIpc) is 2.34. The van der Waals surface area contributed by atoms with Crippen LogP contribution in [0.3, 0.4) is 0 Å². The molecule has 1 rings (SSSR count). The minimum Gasteiger partial charge on any atom is -0.354 e. The first-order valence-corrected chi connectivity index (χ1v) is 6.59. The highest BCUT2D eigenvalue weighted by molar-refractivity contribution is 6.33. The first kappa shape index (κ1) is 15.5. The number of amides is 2. The fourth-order valence-corrected chi connectivity index (χ4v) is 1.79. The van der Waals surface area contributed by atoms with Gasteiger partial charge in [-0.1, -0.05) is 37.6 Å². The molecule has 0 spiro atoms. The van der Waals surface area contributed by atoms with Crippen LogP contribution in [0.2, 0.25) is 5.02 Å². The minimum atomic E-state index is -0.215. The van der Waals surface area contributed by atoms with E-state index >= 15 is 0 Å². The van der Waals surface area contributed by atoms with Crippen molar-refractivity contribution in [3.8, 4) is 0 Å². The summed E-state index contributed by atoms with van der Waals surface area (Å²) in [7, 11) is 0. The molecule has 0 aliphatic heterocycles. The predicted molar refractivity (Wildman–Crippen MR) is 77.3 cm³/mol. The highest BCUT2D eigenvalue weighted by Gasteiger charge is 2.17. The summed E-state index contributed by atoms with van der Waals surface area (Å²) in [6.45, 7) is 6.01. The normalized spacial score (nSPS) is 10.4. The van der Waals surface area contributed by atoms with Gasteiger partial charge in [-0.05, 0) is 18.1 Å². The van der Waals surface area contributed by atoms with Crippen molar-refractivity contribution in [2.75, 3.05) is 18.0 Å². The number of halogens is 1. The zero-order chi connectivity index (χ0) is 14.4. The number of hydrogen-bond acceptors (Lipinski definition) is 2. The van der Waals surface area contributed by atoms with E-state index in [-0.39, 0.29) is 18.4 Å². The quantitative estimate of drug-likeness (QED) is 0.902. The van der Waals surface area contributed by atoms with E-state index < -0.39 is 0 Å². The molecule has 0 atom stereocenters. The third-order valence-corrected chi connectivity index (χ3v) is 2.85. The molecule has 0 saturated carbocycles. The Kier molecular flexibility index (Phi) is 5.83. The molecule has 0 fully saturated rings. The second-order valence-corrected chi connectivity index (χ2v) is 5.16. The third-order valence-electron chi connectivity index (χ3n) is 2.53. The van der Waals surface area contributed by atoms with Crippen molar-refractivity contribution in [3.63, 3.8) is 0 Å². The average molecular weight is 283 g/mol. The molecule has 0 aliphatic rings. The van der Waals surface area contributed by atoms with Crippen molar-refractivity contribution in [1.29, 1.82) is 0 Å². The lowest BCUT2D eigenvalue weighted by Crippen LogP contribution is -2.41. The van der Waals surface area contributed by atoms with Crippen LogP contribution in [0, 0.1) is 5.92 Å². The van der Waals surface area contributed by atoms with Gasteiger partial charge >= 0.3 is 0 Å². The topological polar surface area (TPSA) is 49.4 Å². The molecule has 2 amide bonds. The van der Waals surface area contributed by atoms with Gasteiger partial charge in [0.2, 0.25) is 11.8 Å². The van der Waals surface area contributed by atoms with Crippen LogP contribution in [-0.4, -0.2) is 24.9 Å². The Balaban J connectivity index is 2.77. The van der Waals surface area contributed by atoms with E-state index in [0.29, 0.717) is 23.2 Å². The zero-order valence-corrected chi connectivity index (χ0v) is 12.2. The van der Waals surface area contributed by atoms with Crippen LogP contribution >= 0.6 is 11.6 Å². The van der Waals surface area contributed by atoms with Crippen molar-refractivity contribution < 1.29 is 9.59 Å². The van der Waals surface area contributed by atoms with Crippen molar-refractivity contribution >= 4 is 29.1 Å². The van der Waals surface area contributed by atoms with Crippen molar-refractivity contribution in [1.82, 2.24) is 5.32 Å². The van der Waals surface area contributed by atoms with Crippen molar-refractivity contribution in [3.05, 3.63) is 29.3 Å². The predicted octanol–water partition coefficient (Wildman–Crippen LogP) is 2.47. The number of nitrogens with zero attached hydrogens (tertiary/aromatic N) is 1. The van der Waals surface area contributed by atoms with Crippen LogP contribution in [-0.2, 0) is 9.59 Å². The molecule has 0 unspecified atom stereocenters. The van der Waals surface area contributed by atoms with E-state index in [2.05, 4.69) is 5.32 Å². The largest absolute Gasteiger partial charge is 0.354 e. The standard InChI is InChI=1S/C14H19ClN2O2/c1-10(2)8-16-14(19)9-17(11(3)18)13-7-5-4-6-12(13)15/h4-7,10H,8-9H2,1-3H3,(H,16,19). The molecule has 0 aromatic heterocycles. The Labute approximate surface area is 118 Å². The fourth-order valence-electron chi connectivity index (χ4n) is 1.55. The van der Waals surface area contributed by atoms with E-state index in [4.69, 9.17) is 11.6 Å². The molecule has 19 heavy (non-hydrogen) atoms. The number of hydrogen-bond donors (Lipinski definition) is 1. The molecular weight excluding hydrogens is 264 g/mol. The van der Waals surface area contributed by atoms with Gasteiger partial charge in [0.25, 0.3) is 0 Å². The van der Waals surface area contributed by atoms with Gasteiger partial charge < -0.3 is 10.2 Å². The molecule has 0 bridgehead atoms. The smallest absolute Gasteiger partial charge is 0.240 e. The molecule has 0 saturated heterocycles.